The second kappa shape index (κ2) is 2.79. The number of nitriles is 1. The highest BCUT2D eigenvalue weighted by Gasteiger charge is 2.13. The standard InChI is InChI=1S/C5H5N5O/c6-2-8-5-9-3(7)1-4(11)10-5/h1H2,(H3,7,8,9,10,11). The van der Waals surface area contributed by atoms with Crippen molar-refractivity contribution in [2.75, 3.05) is 0 Å². The normalized spacial score (nSPS) is 20.5. The Balaban J connectivity index is 2.87. The van der Waals surface area contributed by atoms with Crippen LogP contribution in [0.4, 0.5) is 0 Å². The molecule has 1 aliphatic heterocycles. The number of aliphatic imine (C=N–C) groups is 2. The summed E-state index contributed by atoms with van der Waals surface area (Å²) in [4.78, 5) is 17.5. The van der Waals surface area contributed by atoms with E-state index in [0.29, 0.717) is 0 Å². The number of hydrogen-bond acceptors (Lipinski definition) is 4. The molecule has 0 atom stereocenters. The number of amides is 1. The van der Waals surface area contributed by atoms with Crippen molar-refractivity contribution in [1.82, 2.24) is 5.32 Å². The minimum atomic E-state index is -0.300. The maximum atomic E-state index is 10.7. The van der Waals surface area contributed by atoms with Gasteiger partial charge >= 0.3 is 0 Å². The second-order valence-corrected chi connectivity index (χ2v) is 1.86. The molecular formula is C5H5N5O. The number of rotatable bonds is 0. The third kappa shape index (κ3) is 1.76. The van der Waals surface area contributed by atoms with Crippen LogP contribution in [0.3, 0.4) is 0 Å². The molecule has 0 aromatic heterocycles. The molecule has 1 heterocycles. The van der Waals surface area contributed by atoms with E-state index in [9.17, 15) is 4.79 Å². The van der Waals surface area contributed by atoms with E-state index in [4.69, 9.17) is 11.0 Å². The van der Waals surface area contributed by atoms with Gasteiger partial charge in [-0.25, -0.2) is 0 Å². The van der Waals surface area contributed by atoms with Crippen LogP contribution in [0.15, 0.2) is 9.98 Å². The van der Waals surface area contributed by atoms with Crippen molar-refractivity contribution in [3.05, 3.63) is 0 Å². The fraction of sp³-hybridized carbons (Fsp3) is 0.200. The highest BCUT2D eigenvalue weighted by molar-refractivity contribution is 6.14. The molecule has 0 aliphatic carbocycles. The number of nitrogens with two attached hydrogens (primary N) is 1. The van der Waals surface area contributed by atoms with Gasteiger partial charge in [0.05, 0.1) is 6.42 Å². The van der Waals surface area contributed by atoms with E-state index in [-0.39, 0.29) is 24.1 Å². The summed E-state index contributed by atoms with van der Waals surface area (Å²) in [5.74, 6) is -0.171. The second-order valence-electron chi connectivity index (χ2n) is 1.86. The van der Waals surface area contributed by atoms with Gasteiger partial charge in [-0.2, -0.15) is 10.3 Å². The molecule has 6 nitrogen and oxygen atoms in total. The first-order valence-corrected chi connectivity index (χ1v) is 2.82. The summed E-state index contributed by atoms with van der Waals surface area (Å²) in [5.41, 5.74) is 5.24. The van der Waals surface area contributed by atoms with Crippen LogP contribution < -0.4 is 11.1 Å². The number of hydrogen-bond donors (Lipinski definition) is 2. The first-order valence-electron chi connectivity index (χ1n) is 2.82. The van der Waals surface area contributed by atoms with E-state index in [1.807, 2.05) is 0 Å². The molecular weight excluding hydrogens is 146 g/mol. The van der Waals surface area contributed by atoms with Gasteiger partial charge in [0.15, 0.2) is 0 Å². The Bertz CT molecular complexity index is 284. The lowest BCUT2D eigenvalue weighted by Crippen LogP contribution is -2.38. The highest BCUT2D eigenvalue weighted by Crippen LogP contribution is 1.91. The number of amidine groups is 1. The Morgan fingerprint density at radius 1 is 1.82 bits per heavy atom. The fourth-order valence-corrected chi connectivity index (χ4v) is 0.637. The third-order valence-electron chi connectivity index (χ3n) is 0.998. The number of nitrogens with one attached hydrogen (secondary N) is 1. The monoisotopic (exact) mass is 151 g/mol. The molecule has 0 aromatic carbocycles. The minimum Gasteiger partial charge on any atom is -0.387 e. The zero-order valence-electron chi connectivity index (χ0n) is 5.53. The molecule has 0 spiro atoms. The van der Waals surface area contributed by atoms with Gasteiger partial charge in [-0.05, 0) is 0 Å². The van der Waals surface area contributed by atoms with Crippen LogP contribution in [0.25, 0.3) is 0 Å². The lowest BCUT2D eigenvalue weighted by Gasteiger charge is -2.08. The molecule has 1 aliphatic rings. The molecule has 1 rings (SSSR count). The van der Waals surface area contributed by atoms with Gasteiger partial charge in [0, 0.05) is 0 Å². The summed E-state index contributed by atoms with van der Waals surface area (Å²) >= 11 is 0. The number of carbonyl (C=O) groups excluding carboxylic acids is 1. The summed E-state index contributed by atoms with van der Waals surface area (Å²) in [7, 11) is 0. The number of carbonyl (C=O) groups is 1. The Kier molecular flexibility index (Phi) is 1.83. The average molecular weight is 151 g/mol. The molecule has 3 N–H and O–H groups in total. The van der Waals surface area contributed by atoms with E-state index in [1.165, 1.54) is 6.19 Å². The molecule has 0 fully saturated rings. The quantitative estimate of drug-likeness (QED) is 0.420. The summed E-state index contributed by atoms with van der Waals surface area (Å²) < 4.78 is 0. The summed E-state index contributed by atoms with van der Waals surface area (Å²) in [6.07, 6.45) is 1.55. The predicted molar refractivity (Wildman–Crippen MR) is 37.4 cm³/mol. The summed E-state index contributed by atoms with van der Waals surface area (Å²) in [6, 6.07) is 0. The minimum absolute atomic E-state index is 0.0405. The van der Waals surface area contributed by atoms with Gasteiger partial charge in [0.2, 0.25) is 18.1 Å². The van der Waals surface area contributed by atoms with Crippen molar-refractivity contribution in [3.63, 3.8) is 0 Å². The topological polar surface area (TPSA) is 104 Å². The zero-order chi connectivity index (χ0) is 8.27. The van der Waals surface area contributed by atoms with E-state index >= 15 is 0 Å². The molecule has 0 unspecified atom stereocenters. The van der Waals surface area contributed by atoms with Gasteiger partial charge in [-0.1, -0.05) is 0 Å². The van der Waals surface area contributed by atoms with E-state index in [2.05, 4.69) is 15.3 Å². The highest BCUT2D eigenvalue weighted by atomic mass is 16.1. The zero-order valence-corrected chi connectivity index (χ0v) is 5.53. The number of nitrogens with zero attached hydrogens (tertiary/aromatic N) is 3. The molecule has 6 heteroatoms. The molecule has 11 heavy (non-hydrogen) atoms. The Labute approximate surface area is 62.4 Å². The lowest BCUT2D eigenvalue weighted by atomic mass is 10.3. The van der Waals surface area contributed by atoms with Crippen molar-refractivity contribution in [2.24, 2.45) is 15.7 Å². The average Bonchev–Trinajstić information content (AvgIpc) is 1.85. The van der Waals surface area contributed by atoms with Crippen molar-refractivity contribution in [3.8, 4) is 6.19 Å². The molecule has 1 amide bonds. The molecule has 0 radical (unpaired) electrons. The molecule has 0 saturated heterocycles. The molecule has 0 bridgehead atoms. The van der Waals surface area contributed by atoms with Gasteiger partial charge in [-0.15, -0.1) is 4.99 Å². The van der Waals surface area contributed by atoms with Gasteiger partial charge in [0.25, 0.3) is 0 Å². The Morgan fingerprint density at radius 2 is 2.55 bits per heavy atom. The van der Waals surface area contributed by atoms with Crippen LogP contribution in [0.1, 0.15) is 6.42 Å². The van der Waals surface area contributed by atoms with Crippen LogP contribution in [0.5, 0.6) is 0 Å². The number of guanidine groups is 1. The van der Waals surface area contributed by atoms with Crippen LogP contribution in [0.2, 0.25) is 0 Å². The first kappa shape index (κ1) is 7.21. The lowest BCUT2D eigenvalue weighted by molar-refractivity contribution is -0.118. The van der Waals surface area contributed by atoms with E-state index in [1.54, 1.807) is 0 Å². The molecule has 0 aromatic rings. The van der Waals surface area contributed by atoms with Crippen LogP contribution >= 0.6 is 0 Å². The van der Waals surface area contributed by atoms with Gasteiger partial charge in [-0.3, -0.25) is 10.1 Å². The molecule has 56 valence electrons. The van der Waals surface area contributed by atoms with Gasteiger partial charge in [0.1, 0.15) is 5.84 Å². The molecule has 0 saturated carbocycles. The Morgan fingerprint density at radius 3 is 3.09 bits per heavy atom. The van der Waals surface area contributed by atoms with Crippen molar-refractivity contribution in [2.45, 2.75) is 6.42 Å². The van der Waals surface area contributed by atoms with Crippen LogP contribution in [0, 0.1) is 11.5 Å². The van der Waals surface area contributed by atoms with E-state index < -0.39 is 0 Å². The van der Waals surface area contributed by atoms with Crippen LogP contribution in [-0.2, 0) is 4.79 Å². The van der Waals surface area contributed by atoms with Crippen LogP contribution in [-0.4, -0.2) is 17.7 Å². The smallest absolute Gasteiger partial charge is 0.241 e. The SMILES string of the molecule is N#CN=C1N=C(N)CC(=O)N1. The van der Waals surface area contributed by atoms with Gasteiger partial charge < -0.3 is 5.73 Å². The maximum absolute atomic E-state index is 10.7. The van der Waals surface area contributed by atoms with E-state index in [0.717, 1.165) is 0 Å². The predicted octanol–water partition coefficient (Wildman–Crippen LogP) is -1.30. The largest absolute Gasteiger partial charge is 0.387 e. The van der Waals surface area contributed by atoms with Crippen molar-refractivity contribution in [1.29, 1.82) is 5.26 Å². The fourth-order valence-electron chi connectivity index (χ4n) is 0.637. The third-order valence-corrected chi connectivity index (χ3v) is 0.998. The Hall–Kier alpha value is -1.90. The summed E-state index contributed by atoms with van der Waals surface area (Å²) in [6.45, 7) is 0. The van der Waals surface area contributed by atoms with Crippen molar-refractivity contribution < 1.29 is 4.79 Å². The first-order chi connectivity index (χ1) is 5.22. The van der Waals surface area contributed by atoms with Crippen molar-refractivity contribution >= 4 is 17.7 Å². The maximum Gasteiger partial charge on any atom is 0.241 e. The summed E-state index contributed by atoms with van der Waals surface area (Å²) in [5, 5.41) is 10.4.